The lowest BCUT2D eigenvalue weighted by Gasteiger charge is -2.30. The summed E-state index contributed by atoms with van der Waals surface area (Å²) in [5.41, 5.74) is -0.416. The van der Waals surface area contributed by atoms with Crippen LogP contribution in [0.2, 0.25) is 0 Å². The zero-order valence-electron chi connectivity index (χ0n) is 23.0. The fourth-order valence-electron chi connectivity index (χ4n) is 4.65. The maximum Gasteiger partial charge on any atom is 0.418 e. The summed E-state index contributed by atoms with van der Waals surface area (Å²) in [6.07, 6.45) is -4.10. The van der Waals surface area contributed by atoms with E-state index in [-0.39, 0.29) is 37.8 Å². The van der Waals surface area contributed by atoms with Gasteiger partial charge in [-0.1, -0.05) is 42.5 Å². The molecule has 41 heavy (non-hydrogen) atoms. The number of nitrogens with one attached hydrogen (secondary N) is 1. The highest BCUT2D eigenvalue weighted by Crippen LogP contribution is 2.34. The Balaban J connectivity index is 1.52. The Labute approximate surface area is 237 Å². The van der Waals surface area contributed by atoms with Crippen molar-refractivity contribution in [2.75, 3.05) is 51.3 Å². The van der Waals surface area contributed by atoms with Crippen molar-refractivity contribution in [3.63, 3.8) is 0 Å². The number of nitrogens with zero attached hydrogens (tertiary/aromatic N) is 3. The number of anilines is 1. The number of alkyl halides is 3. The number of aryl methyl sites for hydroxylation is 1. The number of para-hydroxylation sites is 1. The first-order chi connectivity index (χ1) is 19.7. The third-order valence-corrected chi connectivity index (χ3v) is 6.81. The molecule has 1 aliphatic heterocycles. The van der Waals surface area contributed by atoms with E-state index in [2.05, 4.69) is 10.2 Å². The van der Waals surface area contributed by atoms with Gasteiger partial charge in [0.25, 0.3) is 0 Å². The highest BCUT2D eigenvalue weighted by Gasteiger charge is 2.34. The molecule has 0 radical (unpaired) electrons. The molecule has 2 aromatic carbocycles. The number of halogens is 3. The zero-order valence-corrected chi connectivity index (χ0v) is 23.0. The molecular weight excluding hydrogens is 537 g/mol. The number of ether oxygens (including phenoxy) is 1. The average Bonchev–Trinajstić information content (AvgIpc) is 3.37. The number of benzene rings is 2. The minimum absolute atomic E-state index is 0.182. The van der Waals surface area contributed by atoms with Crippen LogP contribution in [0, 0.1) is 6.92 Å². The molecule has 0 bridgehead atoms. The second-order valence-corrected chi connectivity index (χ2v) is 9.95. The molecule has 1 saturated heterocycles. The smallest absolute Gasteiger partial charge is 0.418 e. The SMILES string of the molecule is Cc1ccc(CN(Cc2ccccc2)C(=O)CN(CCCN2CCOCC2)C(=O)Nc2ccccc2C(F)(F)F)o1. The predicted octanol–water partition coefficient (Wildman–Crippen LogP) is 5.39. The lowest BCUT2D eigenvalue weighted by Crippen LogP contribution is -2.45. The Kier molecular flexibility index (Phi) is 10.4. The molecular formula is C30H35F3N4O4. The number of carbonyl (C=O) groups excluding carboxylic acids is 2. The second kappa shape index (κ2) is 14.2. The maximum absolute atomic E-state index is 13.7. The summed E-state index contributed by atoms with van der Waals surface area (Å²) in [6, 6.07) is 17.1. The Morgan fingerprint density at radius 1 is 0.927 bits per heavy atom. The van der Waals surface area contributed by atoms with E-state index in [9.17, 15) is 22.8 Å². The first-order valence-electron chi connectivity index (χ1n) is 13.6. The van der Waals surface area contributed by atoms with E-state index in [1.807, 2.05) is 43.3 Å². The third kappa shape index (κ3) is 9.09. The van der Waals surface area contributed by atoms with E-state index in [1.165, 1.54) is 23.1 Å². The first kappa shape index (κ1) is 30.1. The van der Waals surface area contributed by atoms with E-state index < -0.39 is 17.8 Å². The molecule has 1 fully saturated rings. The van der Waals surface area contributed by atoms with Gasteiger partial charge in [-0.3, -0.25) is 9.69 Å². The monoisotopic (exact) mass is 572 g/mol. The summed E-state index contributed by atoms with van der Waals surface area (Å²) in [5, 5.41) is 2.40. The molecule has 3 amide bonds. The summed E-state index contributed by atoms with van der Waals surface area (Å²) in [6.45, 7) is 5.58. The molecule has 1 aromatic heterocycles. The van der Waals surface area contributed by atoms with Crippen molar-refractivity contribution in [2.24, 2.45) is 0 Å². The van der Waals surface area contributed by atoms with Gasteiger partial charge in [0.15, 0.2) is 0 Å². The van der Waals surface area contributed by atoms with Crippen LogP contribution in [0.3, 0.4) is 0 Å². The van der Waals surface area contributed by atoms with Crippen LogP contribution in [0.25, 0.3) is 0 Å². The minimum atomic E-state index is -4.64. The van der Waals surface area contributed by atoms with Crippen molar-refractivity contribution >= 4 is 17.6 Å². The van der Waals surface area contributed by atoms with Crippen molar-refractivity contribution in [3.8, 4) is 0 Å². The number of furan rings is 1. The standard InChI is InChI=1S/C30H35F3N4O4/c1-23-12-13-25(41-23)21-37(20-24-8-3-2-4-9-24)28(38)22-36(15-7-14-35-16-18-40-19-17-35)29(39)34-27-11-6-5-10-26(27)30(31,32)33/h2-6,8-13H,7,14-22H2,1H3,(H,34,39). The number of carbonyl (C=O) groups is 2. The Bertz CT molecular complexity index is 1280. The number of urea groups is 1. The van der Waals surface area contributed by atoms with Crippen LogP contribution in [0.1, 0.15) is 29.1 Å². The molecule has 0 atom stereocenters. The minimum Gasteiger partial charge on any atom is -0.464 e. The molecule has 0 spiro atoms. The van der Waals surface area contributed by atoms with Gasteiger partial charge < -0.3 is 24.3 Å². The van der Waals surface area contributed by atoms with Crippen LogP contribution in [0.4, 0.5) is 23.7 Å². The molecule has 1 aliphatic rings. The topological polar surface area (TPSA) is 78.3 Å². The second-order valence-electron chi connectivity index (χ2n) is 9.95. The molecule has 3 aromatic rings. The summed E-state index contributed by atoms with van der Waals surface area (Å²) in [5.74, 6) is 0.947. The first-order valence-corrected chi connectivity index (χ1v) is 13.6. The van der Waals surface area contributed by atoms with E-state index in [0.29, 0.717) is 37.7 Å². The average molecular weight is 573 g/mol. The Hall–Kier alpha value is -3.83. The fraction of sp³-hybridized carbons (Fsp3) is 0.400. The van der Waals surface area contributed by atoms with Crippen LogP contribution in [-0.4, -0.2) is 72.6 Å². The fourth-order valence-corrected chi connectivity index (χ4v) is 4.65. The lowest BCUT2D eigenvalue weighted by molar-refractivity contribution is -0.137. The van der Waals surface area contributed by atoms with Crippen LogP contribution in [-0.2, 0) is 28.8 Å². The lowest BCUT2D eigenvalue weighted by atomic mass is 10.1. The van der Waals surface area contributed by atoms with Crippen LogP contribution in [0.15, 0.2) is 71.1 Å². The van der Waals surface area contributed by atoms with Gasteiger partial charge in [0.05, 0.1) is 31.0 Å². The molecule has 0 unspecified atom stereocenters. The summed E-state index contributed by atoms with van der Waals surface area (Å²) in [7, 11) is 0. The Morgan fingerprint density at radius 2 is 1.63 bits per heavy atom. The molecule has 2 heterocycles. The number of hydrogen-bond acceptors (Lipinski definition) is 5. The van der Waals surface area contributed by atoms with Gasteiger partial charge in [-0.15, -0.1) is 0 Å². The number of morpholine rings is 1. The third-order valence-electron chi connectivity index (χ3n) is 6.81. The van der Waals surface area contributed by atoms with E-state index in [4.69, 9.17) is 9.15 Å². The zero-order chi connectivity index (χ0) is 29.2. The van der Waals surface area contributed by atoms with Crippen molar-refractivity contribution < 1.29 is 31.9 Å². The van der Waals surface area contributed by atoms with Gasteiger partial charge in [0.2, 0.25) is 5.91 Å². The molecule has 11 heteroatoms. The van der Waals surface area contributed by atoms with Gasteiger partial charge in [-0.2, -0.15) is 13.2 Å². The number of amides is 3. The highest BCUT2D eigenvalue weighted by molar-refractivity contribution is 5.93. The predicted molar refractivity (Wildman–Crippen MR) is 148 cm³/mol. The van der Waals surface area contributed by atoms with E-state index in [1.54, 1.807) is 11.0 Å². The highest BCUT2D eigenvalue weighted by atomic mass is 19.4. The summed E-state index contributed by atoms with van der Waals surface area (Å²) < 4.78 is 51.9. The van der Waals surface area contributed by atoms with E-state index in [0.717, 1.165) is 24.7 Å². The molecule has 1 N–H and O–H groups in total. The van der Waals surface area contributed by atoms with Gasteiger partial charge in [-0.05, 0) is 43.2 Å². The Morgan fingerprint density at radius 3 is 2.32 bits per heavy atom. The molecule has 4 rings (SSSR count). The van der Waals surface area contributed by atoms with Crippen LogP contribution in [0.5, 0.6) is 0 Å². The molecule has 0 saturated carbocycles. The van der Waals surface area contributed by atoms with Crippen molar-refractivity contribution in [1.29, 1.82) is 0 Å². The van der Waals surface area contributed by atoms with Crippen molar-refractivity contribution in [3.05, 3.63) is 89.4 Å². The maximum atomic E-state index is 13.7. The van der Waals surface area contributed by atoms with Crippen LogP contribution >= 0.6 is 0 Å². The van der Waals surface area contributed by atoms with Crippen molar-refractivity contribution in [1.82, 2.24) is 14.7 Å². The summed E-state index contributed by atoms with van der Waals surface area (Å²) in [4.78, 5) is 32.1. The number of hydrogen-bond donors (Lipinski definition) is 1. The largest absolute Gasteiger partial charge is 0.464 e. The van der Waals surface area contributed by atoms with Crippen LogP contribution < -0.4 is 5.32 Å². The van der Waals surface area contributed by atoms with Gasteiger partial charge in [0.1, 0.15) is 18.1 Å². The van der Waals surface area contributed by atoms with Gasteiger partial charge >= 0.3 is 12.2 Å². The normalized spacial score (nSPS) is 14.0. The van der Waals surface area contributed by atoms with Gasteiger partial charge in [-0.25, -0.2) is 4.79 Å². The van der Waals surface area contributed by atoms with Gasteiger partial charge in [0, 0.05) is 32.7 Å². The molecule has 8 nitrogen and oxygen atoms in total. The quantitative estimate of drug-likeness (QED) is 0.333. The molecule has 220 valence electrons. The molecule has 0 aliphatic carbocycles. The number of rotatable bonds is 11. The van der Waals surface area contributed by atoms with E-state index >= 15 is 0 Å². The summed E-state index contributed by atoms with van der Waals surface area (Å²) >= 11 is 0. The van der Waals surface area contributed by atoms with Crippen molar-refractivity contribution in [2.45, 2.75) is 32.6 Å².